The molecule has 1 aliphatic heterocycles. The van der Waals surface area contributed by atoms with E-state index in [0.29, 0.717) is 24.1 Å². The van der Waals surface area contributed by atoms with Gasteiger partial charge in [0, 0.05) is 19.1 Å². The molecule has 146 valence electrons. The van der Waals surface area contributed by atoms with Gasteiger partial charge in [-0.05, 0) is 61.3 Å². The van der Waals surface area contributed by atoms with Crippen molar-refractivity contribution < 1.29 is 13.9 Å². The minimum Gasteiger partial charge on any atom is -0.493 e. The molecule has 1 saturated heterocycles. The Kier molecular flexibility index (Phi) is 7.07. The molecule has 0 aliphatic carbocycles. The van der Waals surface area contributed by atoms with Crippen LogP contribution in [0.25, 0.3) is 0 Å². The smallest absolute Gasteiger partial charge is 0.161 e. The van der Waals surface area contributed by atoms with Gasteiger partial charge in [0.2, 0.25) is 0 Å². The molecule has 0 spiro atoms. The molecule has 1 aliphatic rings. The number of methoxy groups -OCH3 is 1. The van der Waals surface area contributed by atoms with Gasteiger partial charge in [-0.25, -0.2) is 4.39 Å². The molecule has 1 heterocycles. The SMILES string of the molecule is CCN1CCC[C@@H]1CNCc1ccc(OCc2ccc(F)cc2)c(OC)c1. The van der Waals surface area contributed by atoms with Crippen LogP contribution in [-0.2, 0) is 13.2 Å². The first kappa shape index (κ1) is 19.6. The van der Waals surface area contributed by atoms with Gasteiger partial charge in [0.1, 0.15) is 12.4 Å². The molecule has 0 bridgehead atoms. The highest BCUT2D eigenvalue weighted by Gasteiger charge is 2.22. The van der Waals surface area contributed by atoms with Crippen LogP contribution in [0.1, 0.15) is 30.9 Å². The highest BCUT2D eigenvalue weighted by Crippen LogP contribution is 2.29. The number of hydrogen-bond donors (Lipinski definition) is 1. The Balaban J connectivity index is 1.53. The van der Waals surface area contributed by atoms with Crippen LogP contribution >= 0.6 is 0 Å². The van der Waals surface area contributed by atoms with E-state index in [1.54, 1.807) is 19.2 Å². The molecule has 0 amide bonds. The van der Waals surface area contributed by atoms with Gasteiger partial charge in [0.15, 0.2) is 11.5 Å². The van der Waals surface area contributed by atoms with Gasteiger partial charge >= 0.3 is 0 Å². The molecule has 0 aromatic heterocycles. The predicted octanol–water partition coefficient (Wildman–Crippen LogP) is 3.99. The van der Waals surface area contributed by atoms with Crippen LogP contribution in [-0.4, -0.2) is 37.7 Å². The maximum atomic E-state index is 13.0. The molecule has 1 atom stereocenters. The third kappa shape index (κ3) is 5.44. The molecule has 2 aromatic carbocycles. The fraction of sp³-hybridized carbons (Fsp3) is 0.455. The highest BCUT2D eigenvalue weighted by atomic mass is 19.1. The van der Waals surface area contributed by atoms with Crippen molar-refractivity contribution in [2.45, 2.75) is 39.0 Å². The molecule has 0 unspecified atom stereocenters. The summed E-state index contributed by atoms with van der Waals surface area (Å²) >= 11 is 0. The minimum atomic E-state index is -0.243. The van der Waals surface area contributed by atoms with Gasteiger partial charge in [-0.2, -0.15) is 0 Å². The Bertz CT molecular complexity index is 721. The van der Waals surface area contributed by atoms with Crippen LogP contribution in [0.2, 0.25) is 0 Å². The van der Waals surface area contributed by atoms with E-state index in [9.17, 15) is 4.39 Å². The van der Waals surface area contributed by atoms with Gasteiger partial charge in [-0.1, -0.05) is 25.1 Å². The number of likely N-dealkylation sites (N-methyl/N-ethyl adjacent to an activating group) is 1. The van der Waals surface area contributed by atoms with E-state index in [1.807, 2.05) is 12.1 Å². The normalized spacial score (nSPS) is 17.2. The number of halogens is 1. The molecule has 4 nitrogen and oxygen atoms in total. The average molecular weight is 372 g/mol. The number of nitrogens with zero attached hydrogens (tertiary/aromatic N) is 1. The van der Waals surface area contributed by atoms with Crippen molar-refractivity contribution in [3.63, 3.8) is 0 Å². The summed E-state index contributed by atoms with van der Waals surface area (Å²) < 4.78 is 24.3. The van der Waals surface area contributed by atoms with Gasteiger partial charge in [0.05, 0.1) is 7.11 Å². The number of hydrogen-bond acceptors (Lipinski definition) is 4. The maximum absolute atomic E-state index is 13.0. The van der Waals surface area contributed by atoms with E-state index in [4.69, 9.17) is 9.47 Å². The molecule has 1 N–H and O–H groups in total. The quantitative estimate of drug-likeness (QED) is 0.722. The molecule has 3 rings (SSSR count). The second-order valence-electron chi connectivity index (χ2n) is 6.96. The molecule has 1 fully saturated rings. The lowest BCUT2D eigenvalue weighted by Crippen LogP contribution is -2.37. The predicted molar refractivity (Wildman–Crippen MR) is 106 cm³/mol. The second-order valence-corrected chi connectivity index (χ2v) is 6.96. The minimum absolute atomic E-state index is 0.243. The Morgan fingerprint density at radius 2 is 1.89 bits per heavy atom. The Morgan fingerprint density at radius 3 is 2.63 bits per heavy atom. The topological polar surface area (TPSA) is 33.7 Å². The summed E-state index contributed by atoms with van der Waals surface area (Å²) in [6.07, 6.45) is 2.58. The molecule has 2 aromatic rings. The fourth-order valence-corrected chi connectivity index (χ4v) is 3.61. The Morgan fingerprint density at radius 1 is 1.11 bits per heavy atom. The van der Waals surface area contributed by atoms with Crippen molar-refractivity contribution in [1.29, 1.82) is 0 Å². The lowest BCUT2D eigenvalue weighted by atomic mass is 10.1. The zero-order valence-corrected chi connectivity index (χ0v) is 16.2. The first-order valence-corrected chi connectivity index (χ1v) is 9.68. The highest BCUT2D eigenvalue weighted by molar-refractivity contribution is 5.43. The van der Waals surface area contributed by atoms with Crippen LogP contribution < -0.4 is 14.8 Å². The number of rotatable bonds is 9. The van der Waals surface area contributed by atoms with E-state index >= 15 is 0 Å². The molecule has 5 heteroatoms. The van der Waals surface area contributed by atoms with Crippen LogP contribution in [0, 0.1) is 5.82 Å². The zero-order chi connectivity index (χ0) is 19.1. The van der Waals surface area contributed by atoms with E-state index < -0.39 is 0 Å². The molecular weight excluding hydrogens is 343 g/mol. The summed E-state index contributed by atoms with van der Waals surface area (Å²) in [5, 5.41) is 3.57. The third-order valence-electron chi connectivity index (χ3n) is 5.15. The van der Waals surface area contributed by atoms with E-state index in [0.717, 1.165) is 25.2 Å². The van der Waals surface area contributed by atoms with Crippen molar-refractivity contribution >= 4 is 0 Å². The van der Waals surface area contributed by atoms with Gasteiger partial charge < -0.3 is 14.8 Å². The molecular formula is C22H29FN2O2. The summed E-state index contributed by atoms with van der Waals surface area (Å²) in [5.74, 6) is 1.17. The summed E-state index contributed by atoms with van der Waals surface area (Å²) in [5.41, 5.74) is 2.09. The van der Waals surface area contributed by atoms with Crippen molar-refractivity contribution in [3.05, 3.63) is 59.4 Å². The molecule has 27 heavy (non-hydrogen) atoms. The first-order chi connectivity index (χ1) is 13.2. The van der Waals surface area contributed by atoms with Crippen molar-refractivity contribution in [3.8, 4) is 11.5 Å². The lowest BCUT2D eigenvalue weighted by molar-refractivity contribution is 0.260. The maximum Gasteiger partial charge on any atom is 0.161 e. The van der Waals surface area contributed by atoms with Crippen molar-refractivity contribution in [2.75, 3.05) is 26.7 Å². The Labute approximate surface area is 161 Å². The van der Waals surface area contributed by atoms with Crippen LogP contribution in [0.15, 0.2) is 42.5 Å². The largest absolute Gasteiger partial charge is 0.493 e. The van der Waals surface area contributed by atoms with Crippen molar-refractivity contribution in [1.82, 2.24) is 10.2 Å². The van der Waals surface area contributed by atoms with Crippen LogP contribution in [0.5, 0.6) is 11.5 Å². The average Bonchev–Trinajstić information content (AvgIpc) is 3.15. The number of likely N-dealkylation sites (tertiary alicyclic amines) is 1. The summed E-state index contributed by atoms with van der Waals surface area (Å²) in [6.45, 7) is 6.77. The van der Waals surface area contributed by atoms with Crippen LogP contribution in [0.3, 0.4) is 0 Å². The van der Waals surface area contributed by atoms with Crippen LogP contribution in [0.4, 0.5) is 4.39 Å². The lowest BCUT2D eigenvalue weighted by Gasteiger charge is -2.23. The molecule has 0 saturated carbocycles. The Hall–Kier alpha value is -2.11. The van der Waals surface area contributed by atoms with E-state index in [-0.39, 0.29) is 5.82 Å². The second kappa shape index (κ2) is 9.72. The third-order valence-corrected chi connectivity index (χ3v) is 5.15. The summed E-state index contributed by atoms with van der Waals surface area (Å²) in [4.78, 5) is 2.54. The summed E-state index contributed by atoms with van der Waals surface area (Å²) in [6, 6.07) is 13.0. The fourth-order valence-electron chi connectivity index (χ4n) is 3.61. The monoisotopic (exact) mass is 372 g/mol. The number of ether oxygens (including phenoxy) is 2. The van der Waals surface area contributed by atoms with Gasteiger partial charge in [0.25, 0.3) is 0 Å². The van der Waals surface area contributed by atoms with Gasteiger partial charge in [-0.3, -0.25) is 4.90 Å². The van der Waals surface area contributed by atoms with E-state index in [1.165, 1.54) is 37.1 Å². The molecule has 0 radical (unpaired) electrons. The first-order valence-electron chi connectivity index (χ1n) is 9.68. The van der Waals surface area contributed by atoms with Crippen molar-refractivity contribution in [2.24, 2.45) is 0 Å². The van der Waals surface area contributed by atoms with E-state index in [2.05, 4.69) is 23.2 Å². The van der Waals surface area contributed by atoms with Gasteiger partial charge in [-0.15, -0.1) is 0 Å². The zero-order valence-electron chi connectivity index (χ0n) is 16.2. The summed E-state index contributed by atoms with van der Waals surface area (Å²) in [7, 11) is 1.65. The number of benzene rings is 2. The number of nitrogens with one attached hydrogen (secondary N) is 1. The standard InChI is InChI=1S/C22H29FN2O2/c1-3-25-12-4-5-20(25)15-24-14-18-8-11-21(22(13-18)26-2)27-16-17-6-9-19(23)10-7-17/h6-11,13,20,24H,3-5,12,14-16H2,1-2H3/t20-/m1/s1.